The van der Waals surface area contributed by atoms with Gasteiger partial charge in [0.2, 0.25) is 0 Å². The largest absolute Gasteiger partial charge is 0.463 e. The van der Waals surface area contributed by atoms with Gasteiger partial charge in [0.15, 0.2) is 5.76 Å². The van der Waals surface area contributed by atoms with Crippen LogP contribution >= 0.6 is 0 Å². The van der Waals surface area contributed by atoms with Gasteiger partial charge in [0, 0.05) is 11.9 Å². The van der Waals surface area contributed by atoms with Crippen molar-refractivity contribution < 1.29 is 9.21 Å². The van der Waals surface area contributed by atoms with Crippen LogP contribution < -0.4 is 5.32 Å². The highest BCUT2D eigenvalue weighted by Crippen LogP contribution is 2.25. The lowest BCUT2D eigenvalue weighted by atomic mass is 9.97. The molecule has 1 aliphatic rings. The Kier molecular flexibility index (Phi) is 4.82. The van der Waals surface area contributed by atoms with Crippen LogP contribution in [0, 0.1) is 0 Å². The van der Waals surface area contributed by atoms with Crippen molar-refractivity contribution in [1.29, 1.82) is 0 Å². The maximum atomic E-state index is 12.8. The molecule has 4 heteroatoms. The van der Waals surface area contributed by atoms with Crippen LogP contribution in [-0.2, 0) is 0 Å². The average Bonchev–Trinajstić information content (AvgIpc) is 3.23. The average molecular weight is 346 g/mol. The second kappa shape index (κ2) is 7.56. The van der Waals surface area contributed by atoms with E-state index in [-0.39, 0.29) is 5.91 Å². The Morgan fingerprint density at radius 2 is 2.08 bits per heavy atom. The van der Waals surface area contributed by atoms with Gasteiger partial charge in [-0.05, 0) is 56.4 Å². The van der Waals surface area contributed by atoms with E-state index in [1.54, 1.807) is 6.26 Å². The summed E-state index contributed by atoms with van der Waals surface area (Å²) in [5.41, 5.74) is 3.57. The van der Waals surface area contributed by atoms with Crippen LogP contribution in [0.2, 0.25) is 0 Å². The van der Waals surface area contributed by atoms with Crippen LogP contribution in [0.15, 0.2) is 64.8 Å². The summed E-state index contributed by atoms with van der Waals surface area (Å²) in [5.74, 6) is 0.602. The summed E-state index contributed by atoms with van der Waals surface area (Å²) in [7, 11) is 0. The molecule has 1 amide bonds. The van der Waals surface area contributed by atoms with Gasteiger partial charge in [-0.15, -0.1) is 0 Å². The second-order valence-corrected chi connectivity index (χ2v) is 6.66. The molecule has 0 aliphatic heterocycles. The lowest BCUT2D eigenvalue weighted by molar-refractivity contribution is 0.0955. The van der Waals surface area contributed by atoms with E-state index in [1.165, 1.54) is 24.8 Å². The molecule has 0 spiro atoms. The zero-order valence-electron chi connectivity index (χ0n) is 14.7. The van der Waals surface area contributed by atoms with E-state index < -0.39 is 0 Å². The first-order chi connectivity index (χ1) is 12.8. The summed E-state index contributed by atoms with van der Waals surface area (Å²) < 4.78 is 5.46. The highest BCUT2D eigenvalue weighted by atomic mass is 16.3. The second-order valence-electron chi connectivity index (χ2n) is 6.66. The first-order valence-corrected chi connectivity index (χ1v) is 9.21. The molecular formula is C22H22N2O2. The third kappa shape index (κ3) is 3.54. The molecule has 0 atom stereocenters. The number of carbonyl (C=O) groups excluding carboxylic acids is 1. The highest BCUT2D eigenvalue weighted by molar-refractivity contribution is 6.07. The van der Waals surface area contributed by atoms with Gasteiger partial charge in [0.1, 0.15) is 5.69 Å². The quantitative estimate of drug-likeness (QED) is 0.653. The number of allylic oxidation sites excluding steroid dienone is 1. The van der Waals surface area contributed by atoms with E-state index in [0.717, 1.165) is 23.7 Å². The van der Waals surface area contributed by atoms with Gasteiger partial charge in [-0.3, -0.25) is 4.79 Å². The Labute approximate surface area is 152 Å². The number of carbonyl (C=O) groups is 1. The van der Waals surface area contributed by atoms with E-state index in [0.29, 0.717) is 23.6 Å². The van der Waals surface area contributed by atoms with Crippen LogP contribution in [0.4, 0.5) is 0 Å². The number of fused-ring (bicyclic) bond motifs is 1. The van der Waals surface area contributed by atoms with Crippen LogP contribution in [0.1, 0.15) is 42.5 Å². The number of hydrogen-bond donors (Lipinski definition) is 1. The Hall–Kier alpha value is -2.88. The molecule has 4 nitrogen and oxygen atoms in total. The summed E-state index contributed by atoms with van der Waals surface area (Å²) in [6, 6.07) is 13.2. The molecule has 1 N–H and O–H groups in total. The Balaban J connectivity index is 1.57. The number of nitrogens with one attached hydrogen (secondary N) is 1. The fraction of sp³-hybridized carbons (Fsp3) is 0.273. The van der Waals surface area contributed by atoms with E-state index in [2.05, 4.69) is 16.4 Å². The normalized spacial score (nSPS) is 14.2. The number of aromatic nitrogens is 1. The van der Waals surface area contributed by atoms with Crippen molar-refractivity contribution in [2.24, 2.45) is 0 Å². The molecule has 0 unspecified atom stereocenters. The van der Waals surface area contributed by atoms with E-state index >= 15 is 0 Å². The minimum Gasteiger partial charge on any atom is -0.463 e. The molecule has 2 aromatic heterocycles. The molecule has 1 aromatic carbocycles. The van der Waals surface area contributed by atoms with Gasteiger partial charge >= 0.3 is 0 Å². The molecule has 2 heterocycles. The van der Waals surface area contributed by atoms with Crippen molar-refractivity contribution in [2.45, 2.75) is 32.1 Å². The fourth-order valence-electron chi connectivity index (χ4n) is 3.48. The maximum absolute atomic E-state index is 12.8. The summed E-state index contributed by atoms with van der Waals surface area (Å²) in [5, 5.41) is 3.93. The first kappa shape index (κ1) is 16.6. The molecular weight excluding hydrogens is 324 g/mol. The van der Waals surface area contributed by atoms with Crippen LogP contribution in [-0.4, -0.2) is 17.4 Å². The molecule has 132 valence electrons. The predicted octanol–water partition coefficient (Wildman–Crippen LogP) is 5.12. The fourth-order valence-corrected chi connectivity index (χ4v) is 3.48. The van der Waals surface area contributed by atoms with Crippen LogP contribution in [0.3, 0.4) is 0 Å². The molecule has 1 aliphatic carbocycles. The van der Waals surface area contributed by atoms with Crippen LogP contribution in [0.25, 0.3) is 22.4 Å². The lowest BCUT2D eigenvalue weighted by Crippen LogP contribution is -2.25. The summed E-state index contributed by atoms with van der Waals surface area (Å²) in [4.78, 5) is 17.5. The number of furan rings is 1. The number of benzene rings is 1. The van der Waals surface area contributed by atoms with Gasteiger partial charge in [0.05, 0.1) is 17.3 Å². The molecule has 3 aromatic rings. The zero-order chi connectivity index (χ0) is 17.8. The lowest BCUT2D eigenvalue weighted by Gasteiger charge is -2.13. The summed E-state index contributed by atoms with van der Waals surface area (Å²) >= 11 is 0. The molecule has 0 bridgehead atoms. The monoisotopic (exact) mass is 346 g/mol. The van der Waals surface area contributed by atoms with Crippen molar-refractivity contribution >= 4 is 16.8 Å². The predicted molar refractivity (Wildman–Crippen MR) is 103 cm³/mol. The van der Waals surface area contributed by atoms with Crippen molar-refractivity contribution in [3.63, 3.8) is 0 Å². The van der Waals surface area contributed by atoms with Gasteiger partial charge in [0.25, 0.3) is 5.91 Å². The topological polar surface area (TPSA) is 55.1 Å². The molecule has 0 saturated heterocycles. The standard InChI is InChI=1S/C22H22N2O2/c25-22(23-13-12-16-7-2-1-3-8-16)18-15-20(21-11-6-14-26-21)24-19-10-5-4-9-17(18)19/h4-7,9-11,14-15H,1-3,8,12-13H2,(H,23,25). The number of para-hydroxylation sites is 1. The van der Waals surface area contributed by atoms with Gasteiger partial charge in [-0.2, -0.15) is 0 Å². The number of rotatable bonds is 5. The van der Waals surface area contributed by atoms with Crippen molar-refractivity contribution in [1.82, 2.24) is 10.3 Å². The minimum absolute atomic E-state index is 0.0622. The number of pyridine rings is 1. The van der Waals surface area contributed by atoms with Crippen molar-refractivity contribution in [3.05, 3.63) is 65.9 Å². The number of hydrogen-bond acceptors (Lipinski definition) is 3. The van der Waals surface area contributed by atoms with Gasteiger partial charge in [-0.1, -0.05) is 29.8 Å². The highest BCUT2D eigenvalue weighted by Gasteiger charge is 2.15. The SMILES string of the molecule is O=C(NCCC1=CCCCC1)c1cc(-c2ccco2)nc2ccccc12. The third-order valence-corrected chi connectivity index (χ3v) is 4.85. The molecule has 0 fully saturated rings. The zero-order valence-corrected chi connectivity index (χ0v) is 14.7. The summed E-state index contributed by atoms with van der Waals surface area (Å²) in [6.45, 7) is 0.664. The molecule has 0 saturated carbocycles. The third-order valence-electron chi connectivity index (χ3n) is 4.85. The Morgan fingerprint density at radius 1 is 1.15 bits per heavy atom. The molecule has 0 radical (unpaired) electrons. The van der Waals surface area contributed by atoms with E-state index in [4.69, 9.17) is 4.42 Å². The Morgan fingerprint density at radius 3 is 2.88 bits per heavy atom. The van der Waals surface area contributed by atoms with Gasteiger partial charge < -0.3 is 9.73 Å². The van der Waals surface area contributed by atoms with Gasteiger partial charge in [-0.25, -0.2) is 4.98 Å². The van der Waals surface area contributed by atoms with Crippen molar-refractivity contribution in [3.8, 4) is 11.5 Å². The number of amides is 1. The van der Waals surface area contributed by atoms with Crippen molar-refractivity contribution in [2.75, 3.05) is 6.54 Å². The smallest absolute Gasteiger partial charge is 0.252 e. The van der Waals surface area contributed by atoms with Crippen LogP contribution in [0.5, 0.6) is 0 Å². The number of nitrogens with zero attached hydrogens (tertiary/aromatic N) is 1. The minimum atomic E-state index is -0.0622. The molecule has 26 heavy (non-hydrogen) atoms. The molecule has 4 rings (SSSR count). The Bertz CT molecular complexity index is 942. The van der Waals surface area contributed by atoms with E-state index in [9.17, 15) is 4.79 Å². The summed E-state index contributed by atoms with van der Waals surface area (Å²) in [6.07, 6.45) is 9.76. The van der Waals surface area contributed by atoms with E-state index in [1.807, 2.05) is 42.5 Å². The first-order valence-electron chi connectivity index (χ1n) is 9.21. The maximum Gasteiger partial charge on any atom is 0.252 e.